The van der Waals surface area contributed by atoms with E-state index < -0.39 is 11.5 Å². The van der Waals surface area contributed by atoms with Gasteiger partial charge in [-0.1, -0.05) is 44.2 Å². The zero-order chi connectivity index (χ0) is 18.6. The highest BCUT2D eigenvalue weighted by Crippen LogP contribution is 2.28. The molecule has 7 nitrogen and oxygen atoms in total. The number of rotatable bonds is 5. The summed E-state index contributed by atoms with van der Waals surface area (Å²) in [6, 6.07) is 6.76. The Labute approximate surface area is 150 Å². The maximum absolute atomic E-state index is 12.2. The van der Waals surface area contributed by atoms with Crippen LogP contribution in [0.25, 0.3) is 10.6 Å². The first-order valence-electron chi connectivity index (χ1n) is 7.80. The second-order valence-electron chi connectivity index (χ2n) is 6.58. The summed E-state index contributed by atoms with van der Waals surface area (Å²) in [6.07, 6.45) is 0. The van der Waals surface area contributed by atoms with Gasteiger partial charge in [0.1, 0.15) is 16.8 Å². The van der Waals surface area contributed by atoms with Crippen molar-refractivity contribution in [3.05, 3.63) is 24.3 Å². The number of carbonyl (C=O) groups excluding carboxylic acids is 2. The lowest BCUT2D eigenvalue weighted by molar-refractivity contribution is -0.131. The molecule has 134 valence electrons. The van der Waals surface area contributed by atoms with E-state index in [4.69, 9.17) is 4.74 Å². The number of benzene rings is 1. The molecular formula is C17H22N4O3S. The standard InChI is InChI=1S/C17H22N4O3S/c1-10(18-15(23)17(2,3)4)13(22)19-16-21-20-14(25-16)11-7-6-8-12(9-11)24-5/h6-10H,1-5H3,(H,18,23)(H,19,21,22)/t10-/m0/s1. The number of carbonyl (C=O) groups is 2. The molecule has 0 spiro atoms. The van der Waals surface area contributed by atoms with Gasteiger partial charge >= 0.3 is 0 Å². The predicted molar refractivity (Wildman–Crippen MR) is 97.6 cm³/mol. The van der Waals surface area contributed by atoms with E-state index in [0.29, 0.717) is 10.1 Å². The summed E-state index contributed by atoms with van der Waals surface area (Å²) in [5.74, 6) is 0.187. The first kappa shape index (κ1) is 18.9. The molecule has 0 aliphatic heterocycles. The van der Waals surface area contributed by atoms with Crippen LogP contribution in [0.1, 0.15) is 27.7 Å². The Morgan fingerprint density at radius 1 is 1.24 bits per heavy atom. The van der Waals surface area contributed by atoms with Crippen LogP contribution in [-0.2, 0) is 9.59 Å². The Kier molecular flexibility index (Phi) is 5.73. The monoisotopic (exact) mass is 362 g/mol. The lowest BCUT2D eigenvalue weighted by atomic mass is 9.95. The molecule has 0 fully saturated rings. The van der Waals surface area contributed by atoms with Crippen LogP contribution >= 0.6 is 11.3 Å². The second-order valence-corrected chi connectivity index (χ2v) is 7.56. The van der Waals surface area contributed by atoms with Crippen molar-refractivity contribution < 1.29 is 14.3 Å². The molecule has 1 atom stereocenters. The van der Waals surface area contributed by atoms with Crippen molar-refractivity contribution in [2.45, 2.75) is 33.7 Å². The molecule has 1 heterocycles. The van der Waals surface area contributed by atoms with E-state index in [1.54, 1.807) is 34.8 Å². The summed E-state index contributed by atoms with van der Waals surface area (Å²) in [6.45, 7) is 7.00. The lowest BCUT2D eigenvalue weighted by Gasteiger charge is -2.21. The first-order valence-corrected chi connectivity index (χ1v) is 8.62. The van der Waals surface area contributed by atoms with E-state index in [0.717, 1.165) is 11.3 Å². The number of nitrogens with zero attached hydrogens (tertiary/aromatic N) is 2. The third-order valence-corrected chi connectivity index (χ3v) is 4.28. The molecule has 2 aromatic rings. The summed E-state index contributed by atoms with van der Waals surface area (Å²) < 4.78 is 5.19. The van der Waals surface area contributed by atoms with Gasteiger partial charge in [0.25, 0.3) is 0 Å². The smallest absolute Gasteiger partial charge is 0.248 e. The van der Waals surface area contributed by atoms with Gasteiger partial charge in [-0.2, -0.15) is 0 Å². The molecule has 0 aliphatic rings. The second kappa shape index (κ2) is 7.60. The number of methoxy groups -OCH3 is 1. The van der Waals surface area contributed by atoms with E-state index in [1.807, 2.05) is 24.3 Å². The third kappa shape index (κ3) is 4.99. The SMILES string of the molecule is COc1cccc(-c2nnc(NC(=O)[C@H](C)NC(=O)C(C)(C)C)s2)c1. The van der Waals surface area contributed by atoms with Crippen molar-refractivity contribution in [1.29, 1.82) is 0 Å². The zero-order valence-corrected chi connectivity index (χ0v) is 15.7. The summed E-state index contributed by atoms with van der Waals surface area (Å²) in [5, 5.41) is 14.5. The molecule has 0 bridgehead atoms. The third-order valence-electron chi connectivity index (χ3n) is 3.39. The van der Waals surface area contributed by atoms with Gasteiger partial charge in [-0.05, 0) is 19.1 Å². The lowest BCUT2D eigenvalue weighted by Crippen LogP contribution is -2.46. The number of hydrogen-bond acceptors (Lipinski definition) is 6. The van der Waals surface area contributed by atoms with Crippen molar-refractivity contribution in [3.63, 3.8) is 0 Å². The van der Waals surface area contributed by atoms with E-state index in [2.05, 4.69) is 20.8 Å². The Hall–Kier alpha value is -2.48. The van der Waals surface area contributed by atoms with Crippen molar-refractivity contribution in [2.75, 3.05) is 12.4 Å². The summed E-state index contributed by atoms with van der Waals surface area (Å²) in [5.41, 5.74) is 0.294. The molecular weight excluding hydrogens is 340 g/mol. The molecule has 2 N–H and O–H groups in total. The maximum atomic E-state index is 12.2. The Morgan fingerprint density at radius 3 is 2.60 bits per heavy atom. The van der Waals surface area contributed by atoms with Crippen molar-refractivity contribution in [1.82, 2.24) is 15.5 Å². The summed E-state index contributed by atoms with van der Waals surface area (Å²) in [4.78, 5) is 24.2. The minimum absolute atomic E-state index is 0.190. The van der Waals surface area contributed by atoms with Gasteiger partial charge in [0.05, 0.1) is 7.11 Å². The largest absolute Gasteiger partial charge is 0.497 e. The van der Waals surface area contributed by atoms with Crippen LogP contribution in [0.2, 0.25) is 0 Å². The van der Waals surface area contributed by atoms with Gasteiger partial charge in [0.15, 0.2) is 0 Å². The molecule has 25 heavy (non-hydrogen) atoms. The Morgan fingerprint density at radius 2 is 1.96 bits per heavy atom. The number of aromatic nitrogens is 2. The van der Waals surface area contributed by atoms with Crippen molar-refractivity contribution in [3.8, 4) is 16.3 Å². The van der Waals surface area contributed by atoms with Gasteiger partial charge in [0, 0.05) is 11.0 Å². The minimum atomic E-state index is -0.670. The molecule has 2 amide bonds. The van der Waals surface area contributed by atoms with Crippen LogP contribution < -0.4 is 15.4 Å². The molecule has 0 radical (unpaired) electrons. The highest BCUT2D eigenvalue weighted by atomic mass is 32.1. The topological polar surface area (TPSA) is 93.2 Å². The first-order chi connectivity index (χ1) is 11.7. The van der Waals surface area contributed by atoms with Crippen LogP contribution in [0.3, 0.4) is 0 Å². The summed E-state index contributed by atoms with van der Waals surface area (Å²) >= 11 is 1.25. The average Bonchev–Trinajstić information content (AvgIpc) is 3.02. The van der Waals surface area contributed by atoms with Crippen LogP contribution in [0.15, 0.2) is 24.3 Å². The van der Waals surface area contributed by atoms with Crippen LogP contribution in [0.5, 0.6) is 5.75 Å². The fourth-order valence-electron chi connectivity index (χ4n) is 1.84. The van der Waals surface area contributed by atoms with Crippen LogP contribution in [-0.4, -0.2) is 35.2 Å². The number of anilines is 1. The van der Waals surface area contributed by atoms with Crippen molar-refractivity contribution in [2.24, 2.45) is 5.41 Å². The quantitative estimate of drug-likeness (QED) is 0.853. The van der Waals surface area contributed by atoms with E-state index in [1.165, 1.54) is 11.3 Å². The molecule has 1 aromatic heterocycles. The number of ether oxygens (including phenoxy) is 1. The predicted octanol–water partition coefficient (Wildman–Crippen LogP) is 2.70. The number of hydrogen-bond donors (Lipinski definition) is 2. The molecule has 2 rings (SSSR count). The van der Waals surface area contributed by atoms with Gasteiger partial charge in [-0.15, -0.1) is 10.2 Å². The average molecular weight is 362 g/mol. The van der Waals surface area contributed by atoms with E-state index in [-0.39, 0.29) is 11.8 Å². The Balaban J connectivity index is 2.03. The fourth-order valence-corrected chi connectivity index (χ4v) is 2.58. The minimum Gasteiger partial charge on any atom is -0.497 e. The van der Waals surface area contributed by atoms with Gasteiger partial charge in [0.2, 0.25) is 16.9 Å². The number of amides is 2. The molecule has 0 unspecified atom stereocenters. The van der Waals surface area contributed by atoms with Gasteiger partial charge in [-0.25, -0.2) is 0 Å². The highest BCUT2D eigenvalue weighted by molar-refractivity contribution is 7.18. The molecule has 0 aliphatic carbocycles. The van der Waals surface area contributed by atoms with Crippen LogP contribution in [0, 0.1) is 5.41 Å². The molecule has 0 saturated carbocycles. The number of nitrogens with one attached hydrogen (secondary N) is 2. The van der Waals surface area contributed by atoms with E-state index in [9.17, 15) is 9.59 Å². The Bertz CT molecular complexity index is 767. The maximum Gasteiger partial charge on any atom is 0.248 e. The molecule has 0 saturated heterocycles. The van der Waals surface area contributed by atoms with Gasteiger partial charge in [-0.3, -0.25) is 14.9 Å². The fraction of sp³-hybridized carbons (Fsp3) is 0.412. The van der Waals surface area contributed by atoms with E-state index >= 15 is 0 Å². The molecule has 1 aromatic carbocycles. The molecule has 8 heteroatoms. The highest BCUT2D eigenvalue weighted by Gasteiger charge is 2.25. The van der Waals surface area contributed by atoms with Gasteiger partial charge < -0.3 is 10.1 Å². The van der Waals surface area contributed by atoms with Crippen LogP contribution in [0.4, 0.5) is 5.13 Å². The summed E-state index contributed by atoms with van der Waals surface area (Å²) in [7, 11) is 1.60. The zero-order valence-electron chi connectivity index (χ0n) is 14.9. The van der Waals surface area contributed by atoms with Crippen molar-refractivity contribution >= 4 is 28.3 Å². The normalized spacial score (nSPS) is 12.4.